The quantitative estimate of drug-likeness (QED) is 0.832. The Morgan fingerprint density at radius 1 is 1.41 bits per heavy atom. The third-order valence-corrected chi connectivity index (χ3v) is 2.02. The highest BCUT2D eigenvalue weighted by Crippen LogP contribution is 2.13. The lowest BCUT2D eigenvalue weighted by Crippen LogP contribution is -2.06. The number of hydrogen-bond donors (Lipinski definition) is 2. The van der Waals surface area contributed by atoms with Crippen LogP contribution in [0.3, 0.4) is 0 Å². The van der Waals surface area contributed by atoms with Crippen LogP contribution < -0.4 is 11.1 Å². The van der Waals surface area contributed by atoms with Gasteiger partial charge in [0, 0.05) is 8.55 Å². The summed E-state index contributed by atoms with van der Waals surface area (Å²) in [6.07, 6.45) is 9.09. The molecule has 4 nitrogen and oxygen atoms in total. The smallest absolute Gasteiger partial charge is 0.229 e. The van der Waals surface area contributed by atoms with Crippen molar-refractivity contribution in [2.75, 3.05) is 11.1 Å². The second-order valence-corrected chi connectivity index (χ2v) is 3.19. The third-order valence-electron chi connectivity index (χ3n) is 2.02. The minimum absolute atomic E-state index is 0. The summed E-state index contributed by atoms with van der Waals surface area (Å²) >= 11 is 0. The maximum Gasteiger partial charge on any atom is 0.229 e. The summed E-state index contributed by atoms with van der Waals surface area (Å²) in [4.78, 5) is 7.55. The van der Waals surface area contributed by atoms with Gasteiger partial charge in [-0.1, -0.05) is 26.0 Å². The average Bonchev–Trinajstić information content (AvgIpc) is 2.38. The molecule has 0 atom stereocenters. The van der Waals surface area contributed by atoms with Gasteiger partial charge in [0.2, 0.25) is 5.95 Å². The topological polar surface area (TPSA) is 63.8 Å². The number of aromatic nitrogens is 2. The zero-order chi connectivity index (χ0) is 12.7. The van der Waals surface area contributed by atoms with Crippen LogP contribution in [0.5, 0.6) is 0 Å². The number of halogens is 1. The molecule has 1 aliphatic carbocycles. The molecule has 3 N–H and O–H groups in total. The summed E-state index contributed by atoms with van der Waals surface area (Å²) in [5, 5.41) is 2.95. The first-order chi connectivity index (χ1) is 8.25. The van der Waals surface area contributed by atoms with E-state index in [1.165, 1.54) is 0 Å². The highest BCUT2D eigenvalue weighted by Gasteiger charge is 2.04. The lowest BCUT2D eigenvalue weighted by atomic mass is 10.1. The molecule has 17 heavy (non-hydrogen) atoms. The van der Waals surface area contributed by atoms with Crippen molar-refractivity contribution in [2.45, 2.75) is 26.7 Å². The Morgan fingerprint density at radius 3 is 2.76 bits per heavy atom. The molecule has 0 saturated heterocycles. The van der Waals surface area contributed by atoms with Gasteiger partial charge in [0.1, 0.15) is 0 Å². The Hall–Kier alpha value is -1.91. The van der Waals surface area contributed by atoms with Crippen LogP contribution in [0.4, 0.5) is 16.2 Å². The van der Waals surface area contributed by atoms with E-state index in [9.17, 15) is 4.39 Å². The van der Waals surface area contributed by atoms with Crippen molar-refractivity contribution in [1.29, 1.82) is 0 Å². The third kappa shape index (κ3) is 3.86. The molecule has 0 aliphatic heterocycles. The zero-order valence-electron chi connectivity index (χ0n) is 10.1. The normalized spacial score (nSPS) is 13.5. The molecule has 0 aromatic carbocycles. The number of anilines is 2. The van der Waals surface area contributed by atoms with E-state index in [-0.39, 0.29) is 8.67 Å². The second-order valence-electron chi connectivity index (χ2n) is 3.19. The molecule has 0 unspecified atom stereocenters. The van der Waals surface area contributed by atoms with Crippen molar-refractivity contribution in [3.8, 4) is 0 Å². The summed E-state index contributed by atoms with van der Waals surface area (Å²) in [5.74, 6) is -0.437. The molecule has 1 aliphatic rings. The van der Waals surface area contributed by atoms with Crippen LogP contribution >= 0.6 is 0 Å². The lowest BCUT2D eigenvalue weighted by Gasteiger charge is -2.08. The first kappa shape index (κ1) is 13.2. The van der Waals surface area contributed by atoms with Gasteiger partial charge in [-0.2, -0.15) is 4.98 Å². The van der Waals surface area contributed by atoms with Gasteiger partial charge >= 0.3 is 0 Å². The first-order valence-electron chi connectivity index (χ1n) is 5.67. The molecule has 1 aromatic heterocycles. The maximum atomic E-state index is 12.8. The van der Waals surface area contributed by atoms with Gasteiger partial charge < -0.3 is 11.1 Å². The Balaban J connectivity index is 0. The van der Waals surface area contributed by atoms with Crippen LogP contribution in [-0.2, 0) is 0 Å². The van der Waals surface area contributed by atoms with E-state index in [0.29, 0.717) is 5.95 Å². The highest BCUT2D eigenvalue weighted by molar-refractivity contribution is 5.44. The van der Waals surface area contributed by atoms with Crippen molar-refractivity contribution in [3.63, 3.8) is 0 Å². The Kier molecular flexibility index (Phi) is 5.13. The number of allylic oxidation sites excluding steroid dienone is 3. The second kappa shape index (κ2) is 6.62. The Bertz CT molecular complexity index is 436. The van der Waals surface area contributed by atoms with Crippen molar-refractivity contribution >= 4 is 11.8 Å². The number of hydrogen-bond acceptors (Lipinski definition) is 4. The van der Waals surface area contributed by atoms with E-state index >= 15 is 0 Å². The molecule has 0 spiro atoms. The fourth-order valence-corrected chi connectivity index (χ4v) is 1.28. The summed E-state index contributed by atoms with van der Waals surface area (Å²) in [7, 11) is 0. The lowest BCUT2D eigenvalue weighted by molar-refractivity contribution is 0.620. The van der Waals surface area contributed by atoms with E-state index in [1.54, 1.807) is 0 Å². The summed E-state index contributed by atoms with van der Waals surface area (Å²) in [6.45, 7) is 4.00. The van der Waals surface area contributed by atoms with Crippen molar-refractivity contribution in [2.24, 2.45) is 0 Å². The average molecular weight is 240 g/mol. The Labute approximate surface area is 103 Å². The molecule has 0 radical (unpaired) electrons. The molecule has 1 heterocycles. The number of rotatable bonds is 2. The highest BCUT2D eigenvalue weighted by atomic mass is 19.1. The fourth-order valence-electron chi connectivity index (χ4n) is 1.28. The number of nitrogens with two attached hydrogens (primary N) is 1. The standard InChI is InChI=1S/C10H11FN4.C2H6.2H2/c11-8-6-13-10(15-9(8)12)14-7-4-2-1-3-5-7;1-2;;/h2,4-6H,1,3H2,(H3,12,13,14,15);1-2H3;2*1H. The molecular weight excluding hydrogens is 219 g/mol. The summed E-state index contributed by atoms with van der Waals surface area (Å²) in [6, 6.07) is 0. The number of nitrogens with zero attached hydrogens (tertiary/aromatic N) is 2. The van der Waals surface area contributed by atoms with Gasteiger partial charge in [0.15, 0.2) is 11.6 Å². The molecule has 0 fully saturated rings. The molecule has 0 saturated carbocycles. The molecule has 2 rings (SSSR count). The SMILES string of the molecule is CC.Nc1nc(NC2=CCCC=C2)ncc1F.[HH].[HH]. The van der Waals surface area contributed by atoms with Crippen LogP contribution in [0.2, 0.25) is 0 Å². The van der Waals surface area contributed by atoms with E-state index in [0.717, 1.165) is 24.7 Å². The predicted octanol–water partition coefficient (Wildman–Crippen LogP) is 3.36. The van der Waals surface area contributed by atoms with Gasteiger partial charge in [-0.15, -0.1) is 0 Å². The van der Waals surface area contributed by atoms with Gasteiger partial charge in [-0.25, -0.2) is 9.37 Å². The minimum atomic E-state index is -0.603. The van der Waals surface area contributed by atoms with Crippen molar-refractivity contribution in [1.82, 2.24) is 9.97 Å². The molecule has 0 amide bonds. The summed E-state index contributed by atoms with van der Waals surface area (Å²) < 4.78 is 12.8. The van der Waals surface area contributed by atoms with E-state index < -0.39 is 5.82 Å². The van der Waals surface area contributed by atoms with Gasteiger partial charge in [0.25, 0.3) is 0 Å². The predicted molar refractivity (Wildman–Crippen MR) is 72.1 cm³/mol. The molecular formula is C12H21FN4. The van der Waals surface area contributed by atoms with Crippen LogP contribution in [-0.4, -0.2) is 9.97 Å². The van der Waals surface area contributed by atoms with Gasteiger partial charge in [-0.3, -0.25) is 0 Å². The molecule has 96 valence electrons. The van der Waals surface area contributed by atoms with Crippen molar-refractivity contribution < 1.29 is 7.24 Å². The van der Waals surface area contributed by atoms with Crippen LogP contribution in [0, 0.1) is 5.82 Å². The maximum absolute atomic E-state index is 12.8. The van der Waals surface area contributed by atoms with E-state index in [1.807, 2.05) is 26.0 Å². The van der Waals surface area contributed by atoms with Crippen molar-refractivity contribution in [3.05, 3.63) is 35.9 Å². The molecule has 5 heteroatoms. The Morgan fingerprint density at radius 2 is 2.18 bits per heavy atom. The number of nitrogen functional groups attached to an aromatic ring is 1. The molecule has 1 aromatic rings. The monoisotopic (exact) mass is 240 g/mol. The van der Waals surface area contributed by atoms with Crippen LogP contribution in [0.15, 0.2) is 30.1 Å². The van der Waals surface area contributed by atoms with Crippen LogP contribution in [0.25, 0.3) is 0 Å². The molecule has 0 bridgehead atoms. The van der Waals surface area contributed by atoms with Gasteiger partial charge in [0.05, 0.1) is 6.20 Å². The first-order valence-corrected chi connectivity index (χ1v) is 5.67. The van der Waals surface area contributed by atoms with E-state index in [2.05, 4.69) is 21.4 Å². The van der Waals surface area contributed by atoms with Gasteiger partial charge in [-0.05, 0) is 18.9 Å². The van der Waals surface area contributed by atoms with E-state index in [4.69, 9.17) is 5.73 Å². The summed E-state index contributed by atoms with van der Waals surface area (Å²) in [5.41, 5.74) is 6.23. The number of nitrogens with one attached hydrogen (secondary N) is 1. The van der Waals surface area contributed by atoms with Crippen LogP contribution in [0.1, 0.15) is 29.5 Å². The largest absolute Gasteiger partial charge is 0.381 e. The fraction of sp³-hybridized carbons (Fsp3) is 0.333. The zero-order valence-corrected chi connectivity index (χ0v) is 10.1. The minimum Gasteiger partial charge on any atom is -0.381 e.